The van der Waals surface area contributed by atoms with Crippen LogP contribution in [0.5, 0.6) is 5.88 Å². The standard InChI is InChI=1S/C17H19F3N4O/c1-12-9-15(22-11-21-12)24-7-5-13(6-8-24)10-25-16-4-2-3-14(23-16)17(18,19)20/h2-4,9,11,13H,5-8,10H2,1H3. The number of pyridine rings is 1. The summed E-state index contributed by atoms with van der Waals surface area (Å²) in [5.74, 6) is 1.21. The molecule has 3 rings (SSSR count). The fourth-order valence-corrected chi connectivity index (χ4v) is 2.80. The minimum absolute atomic E-state index is 0.0173. The predicted octanol–water partition coefficient (Wildman–Crippen LogP) is 3.49. The summed E-state index contributed by atoms with van der Waals surface area (Å²) in [6.07, 6.45) is -1.12. The molecule has 0 N–H and O–H groups in total. The first-order chi connectivity index (χ1) is 11.9. The van der Waals surface area contributed by atoms with Crippen molar-refractivity contribution in [3.63, 3.8) is 0 Å². The monoisotopic (exact) mass is 352 g/mol. The van der Waals surface area contributed by atoms with Crippen molar-refractivity contribution in [3.8, 4) is 5.88 Å². The molecule has 2 aromatic heterocycles. The number of aromatic nitrogens is 3. The Morgan fingerprint density at radius 3 is 2.64 bits per heavy atom. The van der Waals surface area contributed by atoms with Crippen LogP contribution in [0.2, 0.25) is 0 Å². The molecule has 0 aliphatic carbocycles. The second-order valence-corrected chi connectivity index (χ2v) is 6.12. The van der Waals surface area contributed by atoms with E-state index >= 15 is 0 Å². The lowest BCUT2D eigenvalue weighted by Gasteiger charge is -2.32. The van der Waals surface area contributed by atoms with Crippen molar-refractivity contribution < 1.29 is 17.9 Å². The smallest absolute Gasteiger partial charge is 0.433 e. The average molecular weight is 352 g/mol. The largest absolute Gasteiger partial charge is 0.477 e. The lowest BCUT2D eigenvalue weighted by atomic mass is 9.98. The third-order valence-corrected chi connectivity index (χ3v) is 4.21. The van der Waals surface area contributed by atoms with E-state index in [1.54, 1.807) is 6.33 Å². The molecule has 0 bridgehead atoms. The lowest BCUT2D eigenvalue weighted by Crippen LogP contribution is -2.36. The fourth-order valence-electron chi connectivity index (χ4n) is 2.80. The molecule has 8 heteroatoms. The van der Waals surface area contributed by atoms with Crippen molar-refractivity contribution in [2.75, 3.05) is 24.6 Å². The van der Waals surface area contributed by atoms with Gasteiger partial charge >= 0.3 is 6.18 Å². The molecule has 0 amide bonds. The molecular weight excluding hydrogens is 333 g/mol. The number of hydrogen-bond acceptors (Lipinski definition) is 5. The highest BCUT2D eigenvalue weighted by atomic mass is 19.4. The van der Waals surface area contributed by atoms with Crippen molar-refractivity contribution >= 4 is 5.82 Å². The van der Waals surface area contributed by atoms with Gasteiger partial charge in [0.15, 0.2) is 0 Å². The fraction of sp³-hybridized carbons (Fsp3) is 0.471. The number of piperidine rings is 1. The van der Waals surface area contributed by atoms with Crippen molar-refractivity contribution in [1.82, 2.24) is 15.0 Å². The van der Waals surface area contributed by atoms with Crippen LogP contribution < -0.4 is 9.64 Å². The zero-order chi connectivity index (χ0) is 17.9. The zero-order valence-electron chi connectivity index (χ0n) is 13.8. The van der Waals surface area contributed by atoms with Crippen LogP contribution >= 0.6 is 0 Å². The third kappa shape index (κ3) is 4.58. The van der Waals surface area contributed by atoms with Crippen LogP contribution in [0.1, 0.15) is 24.2 Å². The second-order valence-electron chi connectivity index (χ2n) is 6.12. The molecule has 1 aliphatic rings. The van der Waals surface area contributed by atoms with Crippen molar-refractivity contribution in [2.45, 2.75) is 25.9 Å². The summed E-state index contributed by atoms with van der Waals surface area (Å²) in [5, 5.41) is 0. The van der Waals surface area contributed by atoms with Crippen LogP contribution in [0.3, 0.4) is 0 Å². The third-order valence-electron chi connectivity index (χ3n) is 4.21. The number of alkyl halides is 3. The van der Waals surface area contributed by atoms with E-state index in [-0.39, 0.29) is 11.8 Å². The molecule has 0 unspecified atom stereocenters. The molecule has 2 aromatic rings. The summed E-state index contributed by atoms with van der Waals surface area (Å²) >= 11 is 0. The van der Waals surface area contributed by atoms with Gasteiger partial charge in [-0.25, -0.2) is 15.0 Å². The van der Waals surface area contributed by atoms with E-state index in [2.05, 4.69) is 19.9 Å². The van der Waals surface area contributed by atoms with Gasteiger partial charge in [-0.1, -0.05) is 6.07 Å². The van der Waals surface area contributed by atoms with Crippen LogP contribution in [0.25, 0.3) is 0 Å². The zero-order valence-corrected chi connectivity index (χ0v) is 13.8. The number of anilines is 1. The maximum atomic E-state index is 12.7. The first kappa shape index (κ1) is 17.4. The molecule has 0 aromatic carbocycles. The van der Waals surface area contributed by atoms with Gasteiger partial charge in [0.25, 0.3) is 0 Å². The molecule has 134 valence electrons. The van der Waals surface area contributed by atoms with Crippen molar-refractivity contribution in [3.05, 3.63) is 42.0 Å². The van der Waals surface area contributed by atoms with Crippen molar-refractivity contribution in [1.29, 1.82) is 0 Å². The topological polar surface area (TPSA) is 51.1 Å². The number of nitrogens with zero attached hydrogens (tertiary/aromatic N) is 4. The molecule has 0 saturated carbocycles. The van der Waals surface area contributed by atoms with Crippen LogP contribution in [0, 0.1) is 12.8 Å². The van der Waals surface area contributed by atoms with E-state index in [1.807, 2.05) is 13.0 Å². The van der Waals surface area contributed by atoms with Gasteiger partial charge in [0.2, 0.25) is 5.88 Å². The number of ether oxygens (including phenoxy) is 1. The summed E-state index contributed by atoms with van der Waals surface area (Å²) in [6.45, 7) is 3.96. The Balaban J connectivity index is 1.51. The summed E-state index contributed by atoms with van der Waals surface area (Å²) in [6, 6.07) is 5.65. The Bertz CT molecular complexity index is 715. The summed E-state index contributed by atoms with van der Waals surface area (Å²) in [5.41, 5.74) is -0.00923. The van der Waals surface area contributed by atoms with Crippen LogP contribution in [-0.2, 0) is 6.18 Å². The maximum absolute atomic E-state index is 12.7. The minimum Gasteiger partial charge on any atom is -0.477 e. The minimum atomic E-state index is -4.46. The van der Waals surface area contributed by atoms with Crippen LogP contribution in [0.15, 0.2) is 30.6 Å². The van der Waals surface area contributed by atoms with Gasteiger partial charge in [0.05, 0.1) is 6.61 Å². The van der Waals surface area contributed by atoms with E-state index < -0.39 is 11.9 Å². The Morgan fingerprint density at radius 1 is 1.20 bits per heavy atom. The number of rotatable bonds is 4. The summed E-state index contributed by atoms with van der Waals surface area (Å²) < 4.78 is 43.5. The highest BCUT2D eigenvalue weighted by Gasteiger charge is 2.32. The molecule has 0 spiro atoms. The number of hydrogen-bond donors (Lipinski definition) is 0. The average Bonchev–Trinajstić information content (AvgIpc) is 2.60. The molecule has 0 atom stereocenters. The molecule has 1 aliphatic heterocycles. The molecule has 1 saturated heterocycles. The summed E-state index contributed by atoms with van der Waals surface area (Å²) in [7, 11) is 0. The first-order valence-corrected chi connectivity index (χ1v) is 8.12. The van der Waals surface area contributed by atoms with E-state index in [4.69, 9.17) is 4.74 Å². The Morgan fingerprint density at radius 2 is 1.96 bits per heavy atom. The van der Waals surface area contributed by atoms with Gasteiger partial charge in [0.1, 0.15) is 17.8 Å². The second kappa shape index (κ2) is 7.25. The molecule has 3 heterocycles. The Labute approximate surface area is 143 Å². The lowest BCUT2D eigenvalue weighted by molar-refractivity contribution is -0.141. The number of aryl methyl sites for hydroxylation is 1. The van der Waals surface area contributed by atoms with E-state index in [1.165, 1.54) is 12.1 Å². The van der Waals surface area contributed by atoms with Gasteiger partial charge in [0, 0.05) is 30.9 Å². The van der Waals surface area contributed by atoms with Crippen molar-refractivity contribution in [2.24, 2.45) is 5.92 Å². The van der Waals surface area contributed by atoms with Crippen LogP contribution in [-0.4, -0.2) is 34.6 Å². The van der Waals surface area contributed by atoms with E-state index in [0.717, 1.165) is 43.5 Å². The van der Waals surface area contributed by atoms with Gasteiger partial charge < -0.3 is 9.64 Å². The molecular formula is C17H19F3N4O. The van der Waals surface area contributed by atoms with Gasteiger partial charge in [-0.15, -0.1) is 0 Å². The highest BCUT2D eigenvalue weighted by molar-refractivity contribution is 5.38. The Hall–Kier alpha value is -2.38. The molecule has 25 heavy (non-hydrogen) atoms. The predicted molar refractivity (Wildman–Crippen MR) is 86.4 cm³/mol. The van der Waals surface area contributed by atoms with Gasteiger partial charge in [-0.3, -0.25) is 0 Å². The van der Waals surface area contributed by atoms with Gasteiger partial charge in [-0.05, 0) is 31.7 Å². The SMILES string of the molecule is Cc1cc(N2CCC(COc3cccc(C(F)(F)F)n3)CC2)ncn1. The molecule has 1 fully saturated rings. The summed E-state index contributed by atoms with van der Waals surface area (Å²) in [4.78, 5) is 14.1. The van der Waals surface area contributed by atoms with E-state index in [9.17, 15) is 13.2 Å². The first-order valence-electron chi connectivity index (χ1n) is 8.12. The maximum Gasteiger partial charge on any atom is 0.433 e. The Kier molecular flexibility index (Phi) is 5.06. The normalized spacial score (nSPS) is 16.1. The number of halogens is 3. The van der Waals surface area contributed by atoms with Crippen LogP contribution in [0.4, 0.5) is 19.0 Å². The van der Waals surface area contributed by atoms with E-state index in [0.29, 0.717) is 6.61 Å². The molecule has 0 radical (unpaired) electrons. The quantitative estimate of drug-likeness (QED) is 0.843. The highest BCUT2D eigenvalue weighted by Crippen LogP contribution is 2.29. The van der Waals surface area contributed by atoms with Gasteiger partial charge in [-0.2, -0.15) is 13.2 Å². The molecule has 5 nitrogen and oxygen atoms in total.